The van der Waals surface area contributed by atoms with Gasteiger partial charge in [-0.2, -0.15) is 0 Å². The Balaban J connectivity index is 1.40. The summed E-state index contributed by atoms with van der Waals surface area (Å²) in [6, 6.07) is 7.99. The van der Waals surface area contributed by atoms with Gasteiger partial charge in [0.05, 0.1) is 20.0 Å². The van der Waals surface area contributed by atoms with Gasteiger partial charge < -0.3 is 15.0 Å². The number of nitrogens with zero attached hydrogens (tertiary/aromatic N) is 3. The molecule has 0 bridgehead atoms. The molecule has 1 saturated carbocycles. The molecule has 170 valence electrons. The highest BCUT2D eigenvalue weighted by Gasteiger charge is 2.28. The molecular formula is C25H32N4O3. The summed E-state index contributed by atoms with van der Waals surface area (Å²) in [5.74, 6) is 1.86. The number of likely N-dealkylation sites (tertiary alicyclic amines) is 1. The number of aromatic nitrogens is 2. The zero-order valence-electron chi connectivity index (χ0n) is 19.2. The first-order chi connectivity index (χ1) is 15.4. The van der Waals surface area contributed by atoms with Gasteiger partial charge in [-0.15, -0.1) is 0 Å². The topological polar surface area (TPSA) is 84.4 Å². The van der Waals surface area contributed by atoms with E-state index >= 15 is 0 Å². The van der Waals surface area contributed by atoms with Crippen molar-refractivity contribution in [2.24, 2.45) is 0 Å². The summed E-state index contributed by atoms with van der Waals surface area (Å²) in [5.41, 5.74) is 3.62. The van der Waals surface area contributed by atoms with Crippen LogP contribution >= 0.6 is 0 Å². The van der Waals surface area contributed by atoms with Crippen LogP contribution in [-0.2, 0) is 22.4 Å². The van der Waals surface area contributed by atoms with Gasteiger partial charge in [-0.3, -0.25) is 9.59 Å². The number of ether oxygens (including phenoxy) is 1. The highest BCUT2D eigenvalue weighted by molar-refractivity contribution is 5.80. The molecule has 1 N–H and O–H groups in total. The van der Waals surface area contributed by atoms with Crippen molar-refractivity contribution in [1.82, 2.24) is 20.2 Å². The molecule has 32 heavy (non-hydrogen) atoms. The molecule has 2 fully saturated rings. The maximum Gasteiger partial charge on any atom is 0.227 e. The van der Waals surface area contributed by atoms with E-state index in [0.717, 1.165) is 66.3 Å². The molecule has 1 aliphatic heterocycles. The Hall–Kier alpha value is -2.96. The number of benzene rings is 1. The number of rotatable bonds is 7. The van der Waals surface area contributed by atoms with E-state index in [2.05, 4.69) is 5.32 Å². The molecule has 2 amide bonds. The van der Waals surface area contributed by atoms with Crippen LogP contribution in [0.2, 0.25) is 0 Å². The lowest BCUT2D eigenvalue weighted by Gasteiger charge is -2.32. The van der Waals surface area contributed by atoms with Crippen molar-refractivity contribution in [3.05, 3.63) is 52.6 Å². The van der Waals surface area contributed by atoms with Crippen molar-refractivity contribution in [3.63, 3.8) is 0 Å². The molecule has 1 aliphatic carbocycles. The first kappa shape index (κ1) is 22.2. The zero-order chi connectivity index (χ0) is 22.7. The smallest absolute Gasteiger partial charge is 0.227 e. The highest BCUT2D eigenvalue weighted by atomic mass is 16.5. The quantitative estimate of drug-likeness (QED) is 0.722. The Labute approximate surface area is 189 Å². The van der Waals surface area contributed by atoms with Crippen molar-refractivity contribution in [2.45, 2.75) is 64.3 Å². The molecule has 0 spiro atoms. The van der Waals surface area contributed by atoms with Crippen molar-refractivity contribution < 1.29 is 14.3 Å². The van der Waals surface area contributed by atoms with Crippen molar-refractivity contribution >= 4 is 11.8 Å². The second kappa shape index (κ2) is 9.67. The van der Waals surface area contributed by atoms with Crippen LogP contribution in [0, 0.1) is 13.8 Å². The second-order valence-corrected chi connectivity index (χ2v) is 8.95. The van der Waals surface area contributed by atoms with Gasteiger partial charge in [0.2, 0.25) is 11.8 Å². The number of amides is 2. The molecule has 1 unspecified atom stereocenters. The number of carbonyl (C=O) groups excluding carboxylic acids is 2. The number of aryl methyl sites for hydroxylation is 2. The van der Waals surface area contributed by atoms with Gasteiger partial charge in [-0.1, -0.05) is 12.1 Å². The lowest BCUT2D eigenvalue weighted by Crippen LogP contribution is -2.40. The average molecular weight is 437 g/mol. The Kier molecular flexibility index (Phi) is 6.72. The summed E-state index contributed by atoms with van der Waals surface area (Å²) in [6.07, 6.45) is 4.76. The third-order valence-electron chi connectivity index (χ3n) is 6.37. The van der Waals surface area contributed by atoms with E-state index < -0.39 is 0 Å². The van der Waals surface area contributed by atoms with Crippen molar-refractivity contribution in [3.8, 4) is 5.75 Å². The van der Waals surface area contributed by atoms with Crippen LogP contribution in [0.4, 0.5) is 0 Å². The van der Waals surface area contributed by atoms with E-state index in [0.29, 0.717) is 25.4 Å². The molecule has 2 heterocycles. The normalized spacial score (nSPS) is 18.3. The highest BCUT2D eigenvalue weighted by Crippen LogP contribution is 2.27. The van der Waals surface area contributed by atoms with E-state index in [1.165, 1.54) is 0 Å². The standard InChI is InChI=1S/C25H32N4O3/c1-16-22(14-23(30)28-20-8-9-20)17(2)27-25(26-16)19-5-4-12-29(15-19)24(31)13-18-6-10-21(32-3)11-7-18/h6-7,10-11,19-20H,4-5,8-9,12-15H2,1-3H3,(H,28,30). The minimum atomic E-state index is 0.0445. The number of piperidine rings is 1. The van der Waals surface area contributed by atoms with E-state index in [4.69, 9.17) is 14.7 Å². The Morgan fingerprint density at radius 1 is 1.06 bits per heavy atom. The summed E-state index contributed by atoms with van der Waals surface area (Å²) < 4.78 is 5.19. The molecule has 1 aromatic heterocycles. The van der Waals surface area contributed by atoms with Gasteiger partial charge in [-0.25, -0.2) is 9.97 Å². The molecule has 1 atom stereocenters. The largest absolute Gasteiger partial charge is 0.497 e. The van der Waals surface area contributed by atoms with E-state index in [1.54, 1.807) is 7.11 Å². The molecule has 4 rings (SSSR count). The van der Waals surface area contributed by atoms with Crippen LogP contribution in [0.3, 0.4) is 0 Å². The van der Waals surface area contributed by atoms with E-state index in [9.17, 15) is 9.59 Å². The number of hydrogen-bond acceptors (Lipinski definition) is 5. The van der Waals surface area contributed by atoms with Gasteiger partial charge in [0.25, 0.3) is 0 Å². The second-order valence-electron chi connectivity index (χ2n) is 8.95. The number of methoxy groups -OCH3 is 1. The molecule has 7 nitrogen and oxygen atoms in total. The van der Waals surface area contributed by atoms with Crippen molar-refractivity contribution in [1.29, 1.82) is 0 Å². The number of nitrogens with one attached hydrogen (secondary N) is 1. The van der Waals surface area contributed by atoms with Crippen molar-refractivity contribution in [2.75, 3.05) is 20.2 Å². The third kappa shape index (κ3) is 5.44. The number of carbonyl (C=O) groups is 2. The lowest BCUT2D eigenvalue weighted by atomic mass is 9.95. The monoisotopic (exact) mass is 436 g/mol. The predicted molar refractivity (Wildman–Crippen MR) is 122 cm³/mol. The molecular weight excluding hydrogens is 404 g/mol. The van der Waals surface area contributed by atoms with Crippen LogP contribution in [-0.4, -0.2) is 52.9 Å². The first-order valence-corrected chi connectivity index (χ1v) is 11.5. The van der Waals surface area contributed by atoms with Crippen LogP contribution in [0.25, 0.3) is 0 Å². The summed E-state index contributed by atoms with van der Waals surface area (Å²) in [4.78, 5) is 36.6. The molecule has 7 heteroatoms. The maximum absolute atomic E-state index is 12.9. The summed E-state index contributed by atoms with van der Waals surface area (Å²) in [6.45, 7) is 5.30. The molecule has 2 aliphatic rings. The maximum atomic E-state index is 12.9. The Bertz CT molecular complexity index is 962. The van der Waals surface area contributed by atoms with Crippen LogP contribution in [0.1, 0.15) is 59.9 Å². The van der Waals surface area contributed by atoms with Gasteiger partial charge in [0, 0.05) is 42.0 Å². The average Bonchev–Trinajstić information content (AvgIpc) is 3.60. The van der Waals surface area contributed by atoms with Gasteiger partial charge in [0.15, 0.2) is 0 Å². The van der Waals surface area contributed by atoms with Gasteiger partial charge in [-0.05, 0) is 57.2 Å². The molecule has 0 radical (unpaired) electrons. The fourth-order valence-electron chi connectivity index (χ4n) is 4.31. The molecule has 2 aromatic rings. The number of hydrogen-bond donors (Lipinski definition) is 1. The first-order valence-electron chi connectivity index (χ1n) is 11.5. The third-order valence-corrected chi connectivity index (χ3v) is 6.37. The Morgan fingerprint density at radius 2 is 1.75 bits per heavy atom. The molecule has 1 aromatic carbocycles. The van der Waals surface area contributed by atoms with Crippen LogP contribution in [0.5, 0.6) is 5.75 Å². The predicted octanol–water partition coefficient (Wildman–Crippen LogP) is 2.87. The fraction of sp³-hybridized carbons (Fsp3) is 0.520. The van der Waals surface area contributed by atoms with Crippen LogP contribution < -0.4 is 10.1 Å². The lowest BCUT2D eigenvalue weighted by molar-refractivity contribution is -0.131. The van der Waals surface area contributed by atoms with Gasteiger partial charge in [0.1, 0.15) is 11.6 Å². The minimum absolute atomic E-state index is 0.0445. The van der Waals surface area contributed by atoms with E-state index in [1.807, 2.05) is 43.0 Å². The van der Waals surface area contributed by atoms with Gasteiger partial charge >= 0.3 is 0 Å². The molecule has 1 saturated heterocycles. The summed E-state index contributed by atoms with van der Waals surface area (Å²) >= 11 is 0. The minimum Gasteiger partial charge on any atom is -0.497 e. The SMILES string of the molecule is COc1ccc(CC(=O)N2CCCC(c3nc(C)c(CC(=O)NC4CC4)c(C)n3)C2)cc1. The van der Waals surface area contributed by atoms with Crippen LogP contribution in [0.15, 0.2) is 24.3 Å². The van der Waals surface area contributed by atoms with E-state index in [-0.39, 0.29) is 17.7 Å². The summed E-state index contributed by atoms with van der Waals surface area (Å²) in [7, 11) is 1.63. The Morgan fingerprint density at radius 3 is 2.38 bits per heavy atom. The fourth-order valence-corrected chi connectivity index (χ4v) is 4.31. The summed E-state index contributed by atoms with van der Waals surface area (Å²) in [5, 5.41) is 3.03. The zero-order valence-corrected chi connectivity index (χ0v) is 19.2.